The Kier molecular flexibility index (Phi) is 7.06. The van der Waals surface area contributed by atoms with Gasteiger partial charge in [-0.25, -0.2) is 9.59 Å². The summed E-state index contributed by atoms with van der Waals surface area (Å²) in [7, 11) is 2.21. The Morgan fingerprint density at radius 1 is 1.23 bits per heavy atom. The van der Waals surface area contributed by atoms with Crippen molar-refractivity contribution < 1.29 is 19.8 Å². The molecule has 0 saturated carbocycles. The lowest BCUT2D eigenvalue weighted by atomic mass is 10.0. The monoisotopic (exact) mass is 374 g/mol. The zero-order chi connectivity index (χ0) is 19.1. The number of rotatable bonds is 4. The molecule has 2 aromatic heterocycles. The molecule has 3 heterocycles. The summed E-state index contributed by atoms with van der Waals surface area (Å²) in [5.74, 6) is -2.51. The van der Waals surface area contributed by atoms with Crippen molar-refractivity contribution in [2.45, 2.75) is 25.8 Å². The molecule has 26 heavy (non-hydrogen) atoms. The second-order valence-corrected chi connectivity index (χ2v) is 7.05. The molecule has 0 aliphatic carbocycles. The molecule has 7 heteroatoms. The molecule has 0 aromatic carbocycles. The SMILES string of the molecule is Cc1csc(-c2cncc(C3CCCN3C)c2)c1.O=C(O)C=CC(=O)O. The molecule has 1 aliphatic rings. The Hall–Kier alpha value is -2.51. The Labute approximate surface area is 156 Å². The third-order valence-electron chi connectivity index (χ3n) is 4.05. The number of likely N-dealkylation sites (tertiary alicyclic amines) is 1. The summed E-state index contributed by atoms with van der Waals surface area (Å²) in [6.45, 7) is 3.34. The van der Waals surface area contributed by atoms with Gasteiger partial charge in [-0.3, -0.25) is 9.88 Å². The van der Waals surface area contributed by atoms with Crippen LogP contribution in [0, 0.1) is 6.92 Å². The van der Waals surface area contributed by atoms with Gasteiger partial charge in [-0.15, -0.1) is 11.3 Å². The first kappa shape index (κ1) is 19.8. The van der Waals surface area contributed by atoms with Crippen LogP contribution in [0.15, 0.2) is 42.1 Å². The van der Waals surface area contributed by atoms with Gasteiger partial charge < -0.3 is 10.2 Å². The normalized spacial score (nSPS) is 17.1. The largest absolute Gasteiger partial charge is 0.478 e. The minimum absolute atomic E-state index is 0.554. The lowest BCUT2D eigenvalue weighted by Crippen LogP contribution is -2.17. The number of aliphatic carboxylic acids is 2. The zero-order valence-electron chi connectivity index (χ0n) is 14.8. The van der Waals surface area contributed by atoms with Crippen molar-refractivity contribution >= 4 is 23.3 Å². The van der Waals surface area contributed by atoms with E-state index in [2.05, 4.69) is 41.4 Å². The van der Waals surface area contributed by atoms with Gasteiger partial charge in [0, 0.05) is 41.0 Å². The van der Waals surface area contributed by atoms with E-state index in [0.29, 0.717) is 18.2 Å². The van der Waals surface area contributed by atoms with Crippen molar-refractivity contribution in [3.05, 3.63) is 53.2 Å². The summed E-state index contributed by atoms with van der Waals surface area (Å²) < 4.78 is 0. The van der Waals surface area contributed by atoms with E-state index in [-0.39, 0.29) is 0 Å². The second kappa shape index (κ2) is 9.26. The van der Waals surface area contributed by atoms with Crippen LogP contribution in [0.4, 0.5) is 0 Å². The van der Waals surface area contributed by atoms with Crippen molar-refractivity contribution in [2.75, 3.05) is 13.6 Å². The van der Waals surface area contributed by atoms with Crippen LogP contribution in [-0.2, 0) is 9.59 Å². The van der Waals surface area contributed by atoms with Crippen molar-refractivity contribution in [1.82, 2.24) is 9.88 Å². The number of aromatic nitrogens is 1. The molecule has 3 rings (SSSR count). The third kappa shape index (κ3) is 5.79. The van der Waals surface area contributed by atoms with Crippen LogP contribution in [0.5, 0.6) is 0 Å². The van der Waals surface area contributed by atoms with Crippen molar-refractivity contribution in [3.8, 4) is 10.4 Å². The van der Waals surface area contributed by atoms with Gasteiger partial charge in [0.1, 0.15) is 0 Å². The number of carboxylic acid groups (broad SMARTS) is 2. The Morgan fingerprint density at radius 2 is 1.92 bits per heavy atom. The highest BCUT2D eigenvalue weighted by Crippen LogP contribution is 2.33. The maximum atomic E-state index is 9.55. The third-order valence-corrected chi connectivity index (χ3v) is 5.15. The van der Waals surface area contributed by atoms with Crippen LogP contribution in [-0.4, -0.2) is 45.6 Å². The van der Waals surface area contributed by atoms with E-state index in [9.17, 15) is 9.59 Å². The standard InChI is InChI=1S/C15H18N2S.C4H4O4/c1-11-6-15(18-10-11)13-7-12(8-16-9-13)14-4-3-5-17(14)2;5-3(6)1-2-4(7)8/h6-10,14H,3-5H2,1-2H3;1-2H,(H,5,6)(H,7,8). The molecular weight excluding hydrogens is 352 g/mol. The highest BCUT2D eigenvalue weighted by atomic mass is 32.1. The van der Waals surface area contributed by atoms with E-state index in [1.54, 1.807) is 11.3 Å². The van der Waals surface area contributed by atoms with Crippen molar-refractivity contribution in [3.63, 3.8) is 0 Å². The van der Waals surface area contributed by atoms with E-state index < -0.39 is 11.9 Å². The van der Waals surface area contributed by atoms with E-state index in [4.69, 9.17) is 10.2 Å². The first-order valence-electron chi connectivity index (χ1n) is 8.21. The average molecular weight is 374 g/mol. The molecule has 1 aliphatic heterocycles. The lowest BCUT2D eigenvalue weighted by molar-refractivity contribution is -0.134. The van der Waals surface area contributed by atoms with Gasteiger partial charge in [0.2, 0.25) is 0 Å². The fraction of sp³-hybridized carbons (Fsp3) is 0.316. The molecular formula is C19H22N2O4S. The zero-order valence-corrected chi connectivity index (χ0v) is 15.6. The lowest BCUT2D eigenvalue weighted by Gasteiger charge is -2.19. The van der Waals surface area contributed by atoms with Crippen LogP contribution in [0.2, 0.25) is 0 Å². The molecule has 1 atom stereocenters. The summed E-state index contributed by atoms with van der Waals surface area (Å²) in [5, 5.41) is 17.8. The highest BCUT2D eigenvalue weighted by Gasteiger charge is 2.23. The molecule has 6 nitrogen and oxygen atoms in total. The molecule has 138 valence electrons. The minimum Gasteiger partial charge on any atom is -0.478 e. The van der Waals surface area contributed by atoms with E-state index >= 15 is 0 Å². The quantitative estimate of drug-likeness (QED) is 0.795. The van der Waals surface area contributed by atoms with E-state index in [1.807, 2.05) is 12.4 Å². The molecule has 1 saturated heterocycles. The number of thiophene rings is 1. The van der Waals surface area contributed by atoms with Crippen molar-refractivity contribution in [1.29, 1.82) is 0 Å². The fourth-order valence-electron chi connectivity index (χ4n) is 2.83. The number of hydrogen-bond donors (Lipinski definition) is 2. The average Bonchev–Trinajstić information content (AvgIpc) is 3.22. The van der Waals surface area contributed by atoms with Gasteiger partial charge in [0.15, 0.2) is 0 Å². The Balaban J connectivity index is 0.000000260. The van der Waals surface area contributed by atoms with Crippen molar-refractivity contribution in [2.24, 2.45) is 0 Å². The summed E-state index contributed by atoms with van der Waals surface area (Å²) in [5.41, 5.74) is 3.95. The molecule has 0 amide bonds. The number of pyridine rings is 1. The van der Waals surface area contributed by atoms with Gasteiger partial charge in [-0.1, -0.05) is 0 Å². The van der Waals surface area contributed by atoms with E-state index in [1.165, 1.54) is 41.0 Å². The molecule has 1 unspecified atom stereocenters. The number of carboxylic acids is 2. The first-order chi connectivity index (χ1) is 12.4. The van der Waals surface area contributed by atoms with Gasteiger partial charge in [0.05, 0.1) is 0 Å². The van der Waals surface area contributed by atoms with Gasteiger partial charge in [-0.05, 0) is 62.0 Å². The predicted molar refractivity (Wildman–Crippen MR) is 101 cm³/mol. The second-order valence-electron chi connectivity index (χ2n) is 6.14. The number of aryl methyl sites for hydroxylation is 1. The molecule has 2 N–H and O–H groups in total. The summed E-state index contributed by atoms with van der Waals surface area (Å²) in [6, 6.07) is 5.10. The van der Waals surface area contributed by atoms with Gasteiger partial charge in [0.25, 0.3) is 0 Å². The van der Waals surface area contributed by atoms with E-state index in [0.717, 1.165) is 0 Å². The molecule has 1 fully saturated rings. The Morgan fingerprint density at radius 3 is 2.42 bits per heavy atom. The summed E-state index contributed by atoms with van der Waals surface area (Å²) >= 11 is 1.80. The number of hydrogen-bond acceptors (Lipinski definition) is 5. The van der Waals surface area contributed by atoms with Crippen LogP contribution in [0.3, 0.4) is 0 Å². The topological polar surface area (TPSA) is 90.7 Å². The number of nitrogens with zero attached hydrogens (tertiary/aromatic N) is 2. The smallest absolute Gasteiger partial charge is 0.328 e. The predicted octanol–water partition coefficient (Wildman–Crippen LogP) is 3.60. The molecule has 0 bridgehead atoms. The maximum absolute atomic E-state index is 9.55. The van der Waals surface area contributed by atoms with Crippen LogP contribution < -0.4 is 0 Å². The molecule has 2 aromatic rings. The highest BCUT2D eigenvalue weighted by molar-refractivity contribution is 7.13. The van der Waals surface area contributed by atoms with Gasteiger partial charge in [-0.2, -0.15) is 0 Å². The first-order valence-corrected chi connectivity index (χ1v) is 9.09. The summed E-state index contributed by atoms with van der Waals surface area (Å²) in [4.78, 5) is 27.3. The van der Waals surface area contributed by atoms with Crippen LogP contribution in [0.1, 0.15) is 30.0 Å². The fourth-order valence-corrected chi connectivity index (χ4v) is 3.71. The maximum Gasteiger partial charge on any atom is 0.328 e. The number of carbonyl (C=O) groups is 2. The minimum atomic E-state index is -1.26. The van der Waals surface area contributed by atoms with Crippen LogP contribution in [0.25, 0.3) is 10.4 Å². The van der Waals surface area contributed by atoms with Crippen LogP contribution >= 0.6 is 11.3 Å². The van der Waals surface area contributed by atoms with Gasteiger partial charge >= 0.3 is 11.9 Å². The molecule has 0 radical (unpaired) electrons. The Bertz CT molecular complexity index is 784. The summed E-state index contributed by atoms with van der Waals surface area (Å²) in [6.07, 6.45) is 7.67. The molecule has 0 spiro atoms.